The molecule has 1 aliphatic heterocycles. The molecular formula is C33H45N3O6S2. The summed E-state index contributed by atoms with van der Waals surface area (Å²) in [5.41, 5.74) is 1.72. The molecular weight excluding hydrogens is 599 g/mol. The number of hydrogen-bond donors (Lipinski definition) is 2. The molecule has 2 N–H and O–H groups in total. The third-order valence-corrected chi connectivity index (χ3v) is 10.6. The average Bonchev–Trinajstić information content (AvgIpc) is 3.55. The molecule has 0 unspecified atom stereocenters. The second-order valence-corrected chi connectivity index (χ2v) is 14.6. The lowest BCUT2D eigenvalue weighted by Gasteiger charge is -2.36. The van der Waals surface area contributed by atoms with Crippen LogP contribution < -0.4 is 9.46 Å². The molecule has 0 aliphatic carbocycles. The highest BCUT2D eigenvalue weighted by Crippen LogP contribution is 2.30. The number of anilines is 1. The first kappa shape index (κ1) is 33.9. The number of fused-ring (bicyclic) bond motifs is 1. The summed E-state index contributed by atoms with van der Waals surface area (Å²) < 4.78 is 41.4. The Labute approximate surface area is 265 Å². The lowest BCUT2D eigenvalue weighted by atomic mass is 10.0. The van der Waals surface area contributed by atoms with Crippen molar-refractivity contribution in [3.8, 4) is 5.75 Å². The summed E-state index contributed by atoms with van der Waals surface area (Å²) in [7, 11) is -1.75. The molecule has 0 spiro atoms. The Hall–Kier alpha value is -2.96. The molecule has 2 heterocycles. The van der Waals surface area contributed by atoms with Crippen molar-refractivity contribution in [2.45, 2.75) is 69.0 Å². The van der Waals surface area contributed by atoms with E-state index in [1.807, 2.05) is 25.1 Å². The summed E-state index contributed by atoms with van der Waals surface area (Å²) >= 11 is 1.12. The minimum Gasteiger partial charge on any atom is -0.490 e. The fourth-order valence-corrected chi connectivity index (χ4v) is 7.38. The number of likely N-dealkylation sites (N-methyl/N-ethyl adjacent to an activating group) is 1. The minimum atomic E-state index is -3.82. The van der Waals surface area contributed by atoms with Crippen molar-refractivity contribution in [3.05, 3.63) is 77.2 Å². The quantitative estimate of drug-likeness (QED) is 0.318. The fraction of sp³-hybridized carbons (Fsp3) is 0.485. The number of carbonyl (C=O) groups is 1. The summed E-state index contributed by atoms with van der Waals surface area (Å²) in [6.07, 6.45) is 2.23. The van der Waals surface area contributed by atoms with Crippen LogP contribution in [0.25, 0.3) is 0 Å². The number of benzene rings is 2. The number of hydrogen-bond acceptors (Lipinski definition) is 8. The number of carbonyl (C=O) groups excluding carboxylic acids is 1. The maximum atomic E-state index is 14.3. The lowest BCUT2D eigenvalue weighted by Crippen LogP contribution is -2.47. The molecule has 1 aliphatic rings. The first-order valence-corrected chi connectivity index (χ1v) is 17.6. The highest BCUT2D eigenvalue weighted by Gasteiger charge is 2.30. The molecule has 0 saturated heterocycles. The van der Waals surface area contributed by atoms with Gasteiger partial charge in [0, 0.05) is 37.8 Å². The van der Waals surface area contributed by atoms with E-state index in [-0.39, 0.29) is 46.1 Å². The van der Waals surface area contributed by atoms with E-state index in [9.17, 15) is 18.3 Å². The number of nitrogens with one attached hydrogen (secondary N) is 1. The number of aliphatic hydroxyl groups is 1. The van der Waals surface area contributed by atoms with E-state index in [1.54, 1.807) is 35.4 Å². The van der Waals surface area contributed by atoms with Gasteiger partial charge in [-0.05, 0) is 75.4 Å². The molecule has 240 valence electrons. The van der Waals surface area contributed by atoms with Gasteiger partial charge < -0.3 is 19.5 Å². The summed E-state index contributed by atoms with van der Waals surface area (Å²) in [5, 5.41) is 11.9. The molecule has 0 saturated carbocycles. The molecule has 1 amide bonds. The molecule has 0 bridgehead atoms. The van der Waals surface area contributed by atoms with Gasteiger partial charge in [-0.2, -0.15) is 0 Å². The second-order valence-electron chi connectivity index (χ2n) is 11.7. The number of aliphatic hydroxyl groups excluding tert-OH is 1. The van der Waals surface area contributed by atoms with E-state index in [0.29, 0.717) is 25.4 Å². The summed E-state index contributed by atoms with van der Waals surface area (Å²) in [6.45, 7) is 8.01. The van der Waals surface area contributed by atoms with Crippen LogP contribution in [0, 0.1) is 5.92 Å². The van der Waals surface area contributed by atoms with Crippen molar-refractivity contribution in [1.82, 2.24) is 9.80 Å². The summed E-state index contributed by atoms with van der Waals surface area (Å²) in [6, 6.07) is 17.8. The Morgan fingerprint density at radius 2 is 1.89 bits per heavy atom. The van der Waals surface area contributed by atoms with Gasteiger partial charge in [-0.25, -0.2) is 8.42 Å². The maximum Gasteiger partial charge on any atom is 0.271 e. The first-order chi connectivity index (χ1) is 21.1. The number of ether oxygens (including phenoxy) is 2. The largest absolute Gasteiger partial charge is 0.490 e. The Balaban J connectivity index is 1.63. The van der Waals surface area contributed by atoms with Gasteiger partial charge in [0.05, 0.1) is 30.4 Å². The van der Waals surface area contributed by atoms with E-state index >= 15 is 0 Å². The number of nitrogens with zero attached hydrogens (tertiary/aromatic N) is 2. The predicted molar refractivity (Wildman–Crippen MR) is 175 cm³/mol. The third-order valence-electron chi connectivity index (χ3n) is 7.85. The molecule has 9 nitrogen and oxygen atoms in total. The van der Waals surface area contributed by atoms with Gasteiger partial charge in [0.1, 0.15) is 9.96 Å². The highest BCUT2D eigenvalue weighted by atomic mass is 32.2. The van der Waals surface area contributed by atoms with Gasteiger partial charge >= 0.3 is 0 Å². The first-order valence-electron chi connectivity index (χ1n) is 15.2. The van der Waals surface area contributed by atoms with Crippen LogP contribution >= 0.6 is 11.3 Å². The van der Waals surface area contributed by atoms with Crippen LogP contribution in [-0.4, -0.2) is 80.8 Å². The topological polar surface area (TPSA) is 108 Å². The zero-order valence-corrected chi connectivity index (χ0v) is 27.6. The standard InChI is InChI=1S/C33H45N3O6S2/c1-24-20-36(25(2)23-37)33(38)29-19-28(34-44(39,40)32-14-10-18-43-32)15-16-30(29)42-26(3)11-8-9-17-41-31(24)22-35(4)21-27-12-6-5-7-13-27/h5-7,10,12-16,18-19,24-26,31,34,37H,8-9,11,17,20-23H2,1-4H3/t24-,25-,26-,31+/m1/s1. The Morgan fingerprint density at radius 3 is 2.59 bits per heavy atom. The van der Waals surface area contributed by atoms with E-state index in [2.05, 4.69) is 35.7 Å². The summed E-state index contributed by atoms with van der Waals surface area (Å²) in [4.78, 5) is 18.2. The van der Waals surface area contributed by atoms with Crippen LogP contribution in [0.1, 0.15) is 56.0 Å². The van der Waals surface area contributed by atoms with Gasteiger partial charge in [-0.1, -0.05) is 43.3 Å². The molecule has 3 aromatic rings. The van der Waals surface area contributed by atoms with Crippen LogP contribution in [0.5, 0.6) is 5.75 Å². The average molecular weight is 644 g/mol. The molecule has 1 aromatic heterocycles. The van der Waals surface area contributed by atoms with Crippen LogP contribution in [-0.2, 0) is 21.3 Å². The minimum absolute atomic E-state index is 0.0575. The fourth-order valence-electron chi connectivity index (χ4n) is 5.34. The van der Waals surface area contributed by atoms with Crippen molar-refractivity contribution in [2.24, 2.45) is 5.92 Å². The SMILES string of the molecule is C[C@@H]1CCCCO[C@@H](CN(C)Cc2ccccc2)[C@H](C)CN([C@H](C)CO)C(=O)c2cc(NS(=O)(=O)c3cccs3)ccc2O1. The number of amides is 1. The Morgan fingerprint density at radius 1 is 1.11 bits per heavy atom. The van der Waals surface area contributed by atoms with Gasteiger partial charge in [0.2, 0.25) is 0 Å². The van der Waals surface area contributed by atoms with Gasteiger partial charge in [-0.15, -0.1) is 11.3 Å². The van der Waals surface area contributed by atoms with Gasteiger partial charge in [0.15, 0.2) is 0 Å². The lowest BCUT2D eigenvalue weighted by molar-refractivity contribution is -0.0177. The van der Waals surface area contributed by atoms with E-state index in [0.717, 1.165) is 37.1 Å². The predicted octanol–water partition coefficient (Wildman–Crippen LogP) is 5.48. The Kier molecular flexibility index (Phi) is 12.2. The molecule has 0 fully saturated rings. The molecule has 4 rings (SSSR count). The van der Waals surface area contributed by atoms with Crippen molar-refractivity contribution in [2.75, 3.05) is 38.1 Å². The Bertz CT molecular complexity index is 1430. The highest BCUT2D eigenvalue weighted by molar-refractivity contribution is 7.94. The smallest absolute Gasteiger partial charge is 0.271 e. The maximum absolute atomic E-state index is 14.3. The van der Waals surface area contributed by atoms with E-state index < -0.39 is 16.1 Å². The zero-order valence-electron chi connectivity index (χ0n) is 26.0. The van der Waals surface area contributed by atoms with Crippen LogP contribution in [0.4, 0.5) is 5.69 Å². The van der Waals surface area contributed by atoms with Crippen LogP contribution in [0.2, 0.25) is 0 Å². The van der Waals surface area contributed by atoms with Crippen molar-refractivity contribution in [3.63, 3.8) is 0 Å². The summed E-state index contributed by atoms with van der Waals surface area (Å²) in [5.74, 6) is -0.0130. The van der Waals surface area contributed by atoms with E-state index in [4.69, 9.17) is 9.47 Å². The van der Waals surface area contributed by atoms with Crippen LogP contribution in [0.15, 0.2) is 70.3 Å². The normalized spacial score (nSPS) is 21.3. The molecule has 4 atom stereocenters. The zero-order chi connectivity index (χ0) is 31.7. The van der Waals surface area contributed by atoms with Gasteiger partial charge in [0.25, 0.3) is 15.9 Å². The second kappa shape index (κ2) is 15.9. The van der Waals surface area contributed by atoms with Crippen molar-refractivity contribution in [1.29, 1.82) is 0 Å². The molecule has 0 radical (unpaired) electrons. The number of rotatable bonds is 9. The van der Waals surface area contributed by atoms with Crippen molar-refractivity contribution < 1.29 is 27.8 Å². The van der Waals surface area contributed by atoms with Crippen molar-refractivity contribution >= 4 is 33.0 Å². The van der Waals surface area contributed by atoms with Crippen LogP contribution in [0.3, 0.4) is 0 Å². The third kappa shape index (κ3) is 9.28. The van der Waals surface area contributed by atoms with Gasteiger partial charge in [-0.3, -0.25) is 14.4 Å². The van der Waals surface area contributed by atoms with E-state index in [1.165, 1.54) is 17.7 Å². The molecule has 11 heteroatoms. The number of sulfonamides is 1. The number of thiophene rings is 1. The molecule has 2 aromatic carbocycles. The monoisotopic (exact) mass is 643 g/mol. The molecule has 44 heavy (non-hydrogen) atoms.